The third kappa shape index (κ3) is 4.42. The molecule has 0 aromatic carbocycles. The third-order valence-corrected chi connectivity index (χ3v) is 3.29. The highest BCUT2D eigenvalue weighted by Gasteiger charge is 2.18. The van der Waals surface area contributed by atoms with Gasteiger partial charge in [0.1, 0.15) is 11.7 Å². The van der Waals surface area contributed by atoms with Crippen LogP contribution in [-0.2, 0) is 0 Å². The maximum atomic E-state index is 8.14. The van der Waals surface area contributed by atoms with E-state index in [-0.39, 0.29) is 0 Å². The Balaban J connectivity index is 1.94. The Kier molecular flexibility index (Phi) is 5.10. The summed E-state index contributed by atoms with van der Waals surface area (Å²) in [5.74, 6) is 1.46. The zero-order valence-electron chi connectivity index (χ0n) is 12.6. The number of nitrogens with one attached hydrogen (secondary N) is 3. The predicted octanol–water partition coefficient (Wildman–Crippen LogP) is 1.09. The molecule has 1 aromatic heterocycles. The first kappa shape index (κ1) is 15.2. The molecule has 2 rings (SSSR count). The smallest absolute Gasteiger partial charge is 0.175 e. The van der Waals surface area contributed by atoms with Gasteiger partial charge in [-0.2, -0.15) is 5.10 Å². The van der Waals surface area contributed by atoms with Crippen LogP contribution >= 0.6 is 0 Å². The second kappa shape index (κ2) is 7.03. The van der Waals surface area contributed by atoms with E-state index in [9.17, 15) is 0 Å². The summed E-state index contributed by atoms with van der Waals surface area (Å²) in [6.07, 6.45) is 4.18. The summed E-state index contributed by atoms with van der Waals surface area (Å²) in [6.45, 7) is 6.62. The van der Waals surface area contributed by atoms with Gasteiger partial charge in [0.25, 0.3) is 0 Å². The monoisotopic (exact) mass is 289 g/mol. The Hall–Kier alpha value is -2.15. The Bertz CT molecular complexity index is 543. The SMILES string of the molecule is C/C=C/c1cc(N=C(N)CC(=N)N2CCNC(C)C2)n[nH]1. The molecule has 0 amide bonds. The molecule has 0 bridgehead atoms. The number of aliphatic imine (C=N–C) groups is 1. The zero-order chi connectivity index (χ0) is 15.2. The van der Waals surface area contributed by atoms with Crippen molar-refractivity contribution >= 4 is 23.6 Å². The average Bonchev–Trinajstić information content (AvgIpc) is 2.86. The molecule has 1 saturated heterocycles. The maximum Gasteiger partial charge on any atom is 0.175 e. The number of hydrogen-bond donors (Lipinski definition) is 4. The van der Waals surface area contributed by atoms with Crippen molar-refractivity contribution in [3.63, 3.8) is 0 Å². The average molecular weight is 289 g/mol. The highest BCUT2D eigenvalue weighted by molar-refractivity contribution is 6.01. The Morgan fingerprint density at radius 2 is 2.48 bits per heavy atom. The lowest BCUT2D eigenvalue weighted by Gasteiger charge is -2.33. The molecule has 7 nitrogen and oxygen atoms in total. The van der Waals surface area contributed by atoms with Gasteiger partial charge in [-0.1, -0.05) is 6.08 Å². The molecular weight excluding hydrogens is 266 g/mol. The molecule has 1 atom stereocenters. The maximum absolute atomic E-state index is 8.14. The second-order valence-corrected chi connectivity index (χ2v) is 5.21. The largest absolute Gasteiger partial charge is 0.387 e. The second-order valence-electron chi connectivity index (χ2n) is 5.21. The fourth-order valence-electron chi connectivity index (χ4n) is 2.30. The van der Waals surface area contributed by atoms with Crippen LogP contribution < -0.4 is 11.1 Å². The number of allylic oxidation sites excluding steroid dienone is 1. The summed E-state index contributed by atoms with van der Waals surface area (Å²) < 4.78 is 0. The molecule has 1 unspecified atom stereocenters. The first-order valence-electron chi connectivity index (χ1n) is 7.15. The van der Waals surface area contributed by atoms with Crippen LogP contribution in [0, 0.1) is 5.41 Å². The van der Waals surface area contributed by atoms with Crippen molar-refractivity contribution in [1.82, 2.24) is 20.4 Å². The van der Waals surface area contributed by atoms with Crippen molar-refractivity contribution in [2.45, 2.75) is 26.3 Å². The molecule has 21 heavy (non-hydrogen) atoms. The zero-order valence-corrected chi connectivity index (χ0v) is 12.6. The van der Waals surface area contributed by atoms with Crippen molar-refractivity contribution in [2.75, 3.05) is 19.6 Å². The topological polar surface area (TPSA) is 106 Å². The van der Waals surface area contributed by atoms with Crippen molar-refractivity contribution in [3.8, 4) is 0 Å². The van der Waals surface area contributed by atoms with Gasteiger partial charge < -0.3 is 16.0 Å². The van der Waals surface area contributed by atoms with E-state index in [1.54, 1.807) is 0 Å². The van der Waals surface area contributed by atoms with Gasteiger partial charge in [0.05, 0.1) is 12.1 Å². The summed E-state index contributed by atoms with van der Waals surface area (Å²) in [6, 6.07) is 2.22. The van der Waals surface area contributed by atoms with E-state index in [0.29, 0.717) is 30.0 Å². The first-order chi connectivity index (χ1) is 10.1. The summed E-state index contributed by atoms with van der Waals surface area (Å²) in [5, 5.41) is 18.4. The third-order valence-electron chi connectivity index (χ3n) is 3.29. The van der Waals surface area contributed by atoms with Crippen LogP contribution in [0.4, 0.5) is 5.82 Å². The van der Waals surface area contributed by atoms with E-state index in [1.165, 1.54) is 0 Å². The molecule has 7 heteroatoms. The van der Waals surface area contributed by atoms with Gasteiger partial charge in [-0.15, -0.1) is 0 Å². The lowest BCUT2D eigenvalue weighted by molar-refractivity contribution is 0.299. The van der Waals surface area contributed by atoms with Crippen LogP contribution in [0.2, 0.25) is 0 Å². The number of H-pyrrole nitrogens is 1. The lowest BCUT2D eigenvalue weighted by Crippen LogP contribution is -2.51. The fraction of sp³-hybridized carbons (Fsp3) is 0.500. The normalized spacial score (nSPS) is 20.2. The van der Waals surface area contributed by atoms with Gasteiger partial charge in [0.2, 0.25) is 0 Å². The number of nitrogens with two attached hydrogens (primary N) is 1. The molecule has 0 aliphatic carbocycles. The van der Waals surface area contributed by atoms with E-state index < -0.39 is 0 Å². The van der Waals surface area contributed by atoms with E-state index in [1.807, 2.05) is 30.0 Å². The van der Waals surface area contributed by atoms with Crippen LogP contribution in [0.25, 0.3) is 6.08 Å². The van der Waals surface area contributed by atoms with Crippen LogP contribution in [0.3, 0.4) is 0 Å². The van der Waals surface area contributed by atoms with Gasteiger partial charge in [0.15, 0.2) is 5.82 Å². The van der Waals surface area contributed by atoms with E-state index in [0.717, 1.165) is 25.3 Å². The highest BCUT2D eigenvalue weighted by atomic mass is 15.2. The highest BCUT2D eigenvalue weighted by Crippen LogP contribution is 2.11. The minimum absolute atomic E-state index is 0.346. The fourth-order valence-corrected chi connectivity index (χ4v) is 2.30. The molecule has 2 heterocycles. The number of nitrogens with zero attached hydrogens (tertiary/aromatic N) is 3. The number of piperazine rings is 1. The number of amidine groups is 2. The Labute approximate surface area is 124 Å². The van der Waals surface area contributed by atoms with Crippen molar-refractivity contribution in [2.24, 2.45) is 10.7 Å². The molecule has 114 valence electrons. The standard InChI is InChI=1S/C14H23N7/c1-3-4-11-7-14(20-19-11)18-12(15)8-13(16)21-6-5-17-10(2)9-21/h3-4,7,10,16-17H,5-6,8-9H2,1-2H3,(H3,15,18,19,20)/b4-3+,16-13?. The minimum atomic E-state index is 0.346. The van der Waals surface area contributed by atoms with Crippen molar-refractivity contribution in [1.29, 1.82) is 5.41 Å². The van der Waals surface area contributed by atoms with E-state index in [4.69, 9.17) is 11.1 Å². The Morgan fingerprint density at radius 3 is 3.19 bits per heavy atom. The van der Waals surface area contributed by atoms with Gasteiger partial charge in [-0.05, 0) is 19.9 Å². The quantitative estimate of drug-likeness (QED) is 0.492. The predicted molar refractivity (Wildman–Crippen MR) is 86.0 cm³/mol. The number of aromatic amines is 1. The van der Waals surface area contributed by atoms with Gasteiger partial charge in [0, 0.05) is 31.7 Å². The van der Waals surface area contributed by atoms with Gasteiger partial charge >= 0.3 is 0 Å². The summed E-state index contributed by atoms with van der Waals surface area (Å²) >= 11 is 0. The molecule has 0 radical (unpaired) electrons. The van der Waals surface area contributed by atoms with Gasteiger partial charge in [-0.3, -0.25) is 10.5 Å². The molecule has 5 N–H and O–H groups in total. The molecule has 1 aromatic rings. The van der Waals surface area contributed by atoms with Crippen molar-refractivity contribution < 1.29 is 0 Å². The van der Waals surface area contributed by atoms with Crippen LogP contribution in [0.1, 0.15) is 26.0 Å². The summed E-state index contributed by atoms with van der Waals surface area (Å²) in [4.78, 5) is 6.29. The lowest BCUT2D eigenvalue weighted by atomic mass is 10.2. The molecule has 0 saturated carbocycles. The van der Waals surface area contributed by atoms with Crippen LogP contribution in [0.15, 0.2) is 17.1 Å². The van der Waals surface area contributed by atoms with Gasteiger partial charge in [-0.25, -0.2) is 4.99 Å². The molecule has 1 fully saturated rings. The Morgan fingerprint density at radius 1 is 1.67 bits per heavy atom. The number of aromatic nitrogens is 2. The minimum Gasteiger partial charge on any atom is -0.387 e. The van der Waals surface area contributed by atoms with Crippen LogP contribution in [0.5, 0.6) is 0 Å². The first-order valence-corrected chi connectivity index (χ1v) is 7.15. The molecule has 0 spiro atoms. The van der Waals surface area contributed by atoms with E-state index >= 15 is 0 Å². The molecular formula is C14H23N7. The molecule has 1 aliphatic rings. The molecule has 1 aliphatic heterocycles. The summed E-state index contributed by atoms with van der Waals surface area (Å²) in [5.41, 5.74) is 6.81. The number of rotatable bonds is 4. The van der Waals surface area contributed by atoms with Crippen LogP contribution in [-0.4, -0.2) is 52.4 Å². The number of hydrogen-bond acceptors (Lipinski definition) is 4. The van der Waals surface area contributed by atoms with E-state index in [2.05, 4.69) is 27.4 Å². The van der Waals surface area contributed by atoms with Crippen molar-refractivity contribution in [3.05, 3.63) is 17.8 Å². The summed E-state index contributed by atoms with van der Waals surface area (Å²) in [7, 11) is 0.